The zero-order valence-electron chi connectivity index (χ0n) is 17.2. The first-order valence-electron chi connectivity index (χ1n) is 10.0. The Balaban J connectivity index is 1.40. The van der Waals surface area contributed by atoms with Crippen molar-refractivity contribution < 1.29 is 8.42 Å². The molecule has 1 N–H and O–H groups in total. The fourth-order valence-corrected chi connectivity index (χ4v) is 4.69. The third-order valence-electron chi connectivity index (χ3n) is 5.51. The van der Waals surface area contributed by atoms with Gasteiger partial charge in [0, 0.05) is 31.9 Å². The second-order valence-corrected chi connectivity index (χ2v) is 9.25. The van der Waals surface area contributed by atoms with Crippen molar-refractivity contribution in [3.05, 3.63) is 78.0 Å². The number of hydrogen-bond donors (Lipinski definition) is 1. The van der Waals surface area contributed by atoms with Gasteiger partial charge in [-0.2, -0.15) is 0 Å². The molecule has 1 fully saturated rings. The van der Waals surface area contributed by atoms with E-state index in [1.54, 1.807) is 24.4 Å². The molecule has 156 valence electrons. The molecule has 1 aromatic heterocycles. The summed E-state index contributed by atoms with van der Waals surface area (Å²) in [5.74, 6) is 0.858. The Morgan fingerprint density at radius 3 is 2.17 bits per heavy atom. The van der Waals surface area contributed by atoms with E-state index in [2.05, 4.69) is 43.8 Å². The van der Waals surface area contributed by atoms with E-state index < -0.39 is 10.0 Å². The summed E-state index contributed by atoms with van der Waals surface area (Å²) in [6.45, 7) is 7.45. The summed E-state index contributed by atoms with van der Waals surface area (Å²) in [5.41, 5.74) is 3.70. The van der Waals surface area contributed by atoms with Crippen LogP contribution in [0.2, 0.25) is 0 Å². The molecule has 1 aliphatic heterocycles. The molecule has 2 aromatic carbocycles. The molecule has 0 amide bonds. The number of para-hydroxylation sites is 1. The molecule has 4 rings (SSSR count). The molecule has 30 heavy (non-hydrogen) atoms. The summed E-state index contributed by atoms with van der Waals surface area (Å²) < 4.78 is 28.0. The van der Waals surface area contributed by atoms with Crippen LogP contribution in [-0.4, -0.2) is 39.6 Å². The Morgan fingerprint density at radius 2 is 1.53 bits per heavy atom. The second kappa shape index (κ2) is 8.36. The average Bonchev–Trinajstić information content (AvgIpc) is 2.77. The van der Waals surface area contributed by atoms with Gasteiger partial charge in [-0.15, -0.1) is 0 Å². The molecule has 1 aliphatic rings. The highest BCUT2D eigenvalue weighted by molar-refractivity contribution is 7.92. The monoisotopic (exact) mass is 422 g/mol. The zero-order chi connectivity index (χ0) is 21.1. The summed E-state index contributed by atoms with van der Waals surface area (Å²) in [5, 5.41) is 0. The molecule has 0 atom stereocenters. The van der Waals surface area contributed by atoms with Crippen LogP contribution < -0.4 is 14.5 Å². The maximum absolute atomic E-state index is 12.7. The molecule has 0 spiro atoms. The van der Waals surface area contributed by atoms with Crippen molar-refractivity contribution in [3.63, 3.8) is 0 Å². The lowest BCUT2D eigenvalue weighted by atomic mass is 10.1. The zero-order valence-corrected chi connectivity index (χ0v) is 18.1. The van der Waals surface area contributed by atoms with Gasteiger partial charge in [-0.1, -0.05) is 24.3 Å². The number of rotatable bonds is 5. The number of nitrogens with one attached hydrogen (secondary N) is 1. The first-order valence-corrected chi connectivity index (χ1v) is 11.5. The summed E-state index contributed by atoms with van der Waals surface area (Å²) >= 11 is 0. The van der Waals surface area contributed by atoms with Crippen LogP contribution in [0, 0.1) is 13.8 Å². The summed E-state index contributed by atoms with van der Waals surface area (Å²) in [6, 6.07) is 19.2. The van der Waals surface area contributed by atoms with Crippen molar-refractivity contribution in [2.45, 2.75) is 18.7 Å². The number of nitrogens with zero attached hydrogens (tertiary/aromatic N) is 3. The van der Waals surface area contributed by atoms with Crippen LogP contribution in [0.15, 0.2) is 71.8 Å². The van der Waals surface area contributed by atoms with Crippen molar-refractivity contribution in [2.24, 2.45) is 0 Å². The Kier molecular flexibility index (Phi) is 5.63. The quantitative estimate of drug-likeness (QED) is 0.677. The Morgan fingerprint density at radius 1 is 0.833 bits per heavy atom. The van der Waals surface area contributed by atoms with Crippen LogP contribution in [0.1, 0.15) is 11.1 Å². The van der Waals surface area contributed by atoms with E-state index in [0.717, 1.165) is 43.1 Å². The largest absolute Gasteiger partial charge is 0.368 e. The van der Waals surface area contributed by atoms with Gasteiger partial charge in [0.05, 0.1) is 16.8 Å². The normalized spacial score (nSPS) is 14.6. The molecular formula is C23H26N4O2S. The molecule has 3 aromatic rings. The Hall–Kier alpha value is -3.06. The summed E-state index contributed by atoms with van der Waals surface area (Å²) in [7, 11) is -3.64. The number of anilines is 3. The Labute approximate surface area is 178 Å². The van der Waals surface area contributed by atoms with Crippen LogP contribution in [-0.2, 0) is 10.0 Å². The Bertz CT molecular complexity index is 1110. The summed E-state index contributed by atoms with van der Waals surface area (Å²) in [4.78, 5) is 9.33. The van der Waals surface area contributed by atoms with E-state index in [4.69, 9.17) is 0 Å². The van der Waals surface area contributed by atoms with Crippen molar-refractivity contribution in [1.29, 1.82) is 0 Å². The van der Waals surface area contributed by atoms with Crippen molar-refractivity contribution in [1.82, 2.24) is 4.98 Å². The van der Waals surface area contributed by atoms with Crippen LogP contribution >= 0.6 is 0 Å². The van der Waals surface area contributed by atoms with E-state index in [1.807, 2.05) is 32.0 Å². The molecular weight excluding hydrogens is 396 g/mol. The molecule has 0 aliphatic carbocycles. The fourth-order valence-electron chi connectivity index (χ4n) is 3.56. The lowest BCUT2D eigenvalue weighted by molar-refractivity contribution is 0.601. The highest BCUT2D eigenvalue weighted by atomic mass is 32.2. The SMILES string of the molecule is Cc1ccc(S(=O)(=O)Nc2ccc(N3CCN(c4ccccc4)CC3)nc2)cc1C. The number of piperazine rings is 1. The third kappa shape index (κ3) is 4.41. The van der Waals surface area contributed by atoms with Crippen molar-refractivity contribution in [3.8, 4) is 0 Å². The van der Waals surface area contributed by atoms with Gasteiger partial charge in [-0.3, -0.25) is 4.72 Å². The highest BCUT2D eigenvalue weighted by Gasteiger charge is 2.19. The minimum atomic E-state index is -3.64. The van der Waals surface area contributed by atoms with E-state index in [9.17, 15) is 8.42 Å². The minimum absolute atomic E-state index is 0.256. The predicted molar refractivity (Wildman–Crippen MR) is 122 cm³/mol. The van der Waals surface area contributed by atoms with Crippen LogP contribution in [0.25, 0.3) is 0 Å². The molecule has 1 saturated heterocycles. The first-order chi connectivity index (χ1) is 14.4. The van der Waals surface area contributed by atoms with Gasteiger partial charge in [0.2, 0.25) is 0 Å². The van der Waals surface area contributed by atoms with Gasteiger partial charge in [-0.05, 0) is 61.4 Å². The molecule has 2 heterocycles. The predicted octanol–water partition coefficient (Wildman–Crippen LogP) is 3.83. The van der Waals surface area contributed by atoms with Gasteiger partial charge < -0.3 is 9.80 Å². The van der Waals surface area contributed by atoms with Gasteiger partial charge in [0.25, 0.3) is 10.0 Å². The van der Waals surface area contributed by atoms with Gasteiger partial charge in [0.15, 0.2) is 0 Å². The number of hydrogen-bond acceptors (Lipinski definition) is 5. The maximum atomic E-state index is 12.7. The minimum Gasteiger partial charge on any atom is -0.368 e. The second-order valence-electron chi connectivity index (χ2n) is 7.57. The van der Waals surface area contributed by atoms with Gasteiger partial charge in [-0.25, -0.2) is 13.4 Å². The van der Waals surface area contributed by atoms with Crippen LogP contribution in [0.3, 0.4) is 0 Å². The van der Waals surface area contributed by atoms with Crippen molar-refractivity contribution in [2.75, 3.05) is 40.7 Å². The topological polar surface area (TPSA) is 65.5 Å². The number of benzene rings is 2. The first kappa shape index (κ1) is 20.2. The number of aryl methyl sites for hydroxylation is 2. The number of sulfonamides is 1. The van der Waals surface area contributed by atoms with Gasteiger partial charge >= 0.3 is 0 Å². The van der Waals surface area contributed by atoms with E-state index in [-0.39, 0.29) is 4.90 Å². The summed E-state index contributed by atoms with van der Waals surface area (Å²) in [6.07, 6.45) is 1.58. The van der Waals surface area contributed by atoms with Crippen LogP contribution in [0.4, 0.5) is 17.2 Å². The fraction of sp³-hybridized carbons (Fsp3) is 0.261. The lowest BCUT2D eigenvalue weighted by Gasteiger charge is -2.36. The van der Waals surface area contributed by atoms with E-state index in [0.29, 0.717) is 5.69 Å². The molecule has 0 radical (unpaired) electrons. The third-order valence-corrected chi connectivity index (χ3v) is 6.89. The van der Waals surface area contributed by atoms with Crippen molar-refractivity contribution >= 4 is 27.2 Å². The smallest absolute Gasteiger partial charge is 0.261 e. The number of aromatic nitrogens is 1. The van der Waals surface area contributed by atoms with E-state index >= 15 is 0 Å². The van der Waals surface area contributed by atoms with Gasteiger partial charge in [0.1, 0.15) is 5.82 Å². The molecule has 6 nitrogen and oxygen atoms in total. The average molecular weight is 423 g/mol. The number of pyridine rings is 1. The standard InChI is InChI=1S/C23H26N4O2S/c1-18-8-10-22(16-19(18)2)30(28,29)25-20-9-11-23(24-17-20)27-14-12-26(13-15-27)21-6-4-3-5-7-21/h3-11,16-17,25H,12-15H2,1-2H3. The maximum Gasteiger partial charge on any atom is 0.261 e. The molecule has 0 saturated carbocycles. The molecule has 7 heteroatoms. The molecule has 0 bridgehead atoms. The lowest BCUT2D eigenvalue weighted by Crippen LogP contribution is -2.46. The highest BCUT2D eigenvalue weighted by Crippen LogP contribution is 2.22. The molecule has 0 unspecified atom stereocenters. The van der Waals surface area contributed by atoms with E-state index in [1.165, 1.54) is 5.69 Å². The van der Waals surface area contributed by atoms with Crippen LogP contribution in [0.5, 0.6) is 0 Å².